The van der Waals surface area contributed by atoms with Crippen LogP contribution in [0.3, 0.4) is 0 Å². The van der Waals surface area contributed by atoms with Gasteiger partial charge < -0.3 is 9.64 Å². The van der Waals surface area contributed by atoms with Crippen LogP contribution in [0.4, 0.5) is 5.69 Å². The van der Waals surface area contributed by atoms with Crippen LogP contribution >= 0.6 is 0 Å². The van der Waals surface area contributed by atoms with E-state index in [9.17, 15) is 4.79 Å². The fourth-order valence-corrected chi connectivity index (χ4v) is 3.11. The van der Waals surface area contributed by atoms with E-state index < -0.39 is 0 Å². The predicted octanol–water partition coefficient (Wildman–Crippen LogP) is 5.38. The predicted molar refractivity (Wildman–Crippen MR) is 112 cm³/mol. The van der Waals surface area contributed by atoms with Crippen LogP contribution in [0.15, 0.2) is 72.8 Å². The van der Waals surface area contributed by atoms with Crippen LogP contribution in [0.2, 0.25) is 0 Å². The summed E-state index contributed by atoms with van der Waals surface area (Å²) in [7, 11) is 0. The Bertz CT molecular complexity index is 873. The summed E-state index contributed by atoms with van der Waals surface area (Å²) in [6.45, 7) is 6.36. The summed E-state index contributed by atoms with van der Waals surface area (Å²) < 4.78 is 5.93. The van der Waals surface area contributed by atoms with Gasteiger partial charge in [-0.25, -0.2) is 0 Å². The van der Waals surface area contributed by atoms with Crippen molar-refractivity contribution in [1.29, 1.82) is 0 Å². The number of carbonyl (C=O) groups is 1. The van der Waals surface area contributed by atoms with E-state index in [1.807, 2.05) is 49.4 Å². The minimum atomic E-state index is 0.604. The van der Waals surface area contributed by atoms with Gasteiger partial charge in [0, 0.05) is 17.8 Å². The number of carbonyl (C=O) groups excluding carboxylic acids is 1. The molecule has 3 aromatic carbocycles. The van der Waals surface area contributed by atoms with Crippen molar-refractivity contribution in [3.8, 4) is 16.9 Å². The summed E-state index contributed by atoms with van der Waals surface area (Å²) in [4.78, 5) is 13.2. The average molecular weight is 359 g/mol. The number of aldehydes is 1. The first-order valence-corrected chi connectivity index (χ1v) is 9.30. The third kappa shape index (κ3) is 4.76. The Morgan fingerprint density at radius 1 is 0.926 bits per heavy atom. The van der Waals surface area contributed by atoms with Gasteiger partial charge in [0.05, 0.1) is 6.54 Å². The maximum Gasteiger partial charge on any atom is 0.150 e. The highest BCUT2D eigenvalue weighted by atomic mass is 16.5. The molecule has 0 bridgehead atoms. The summed E-state index contributed by atoms with van der Waals surface area (Å²) >= 11 is 0. The third-order valence-electron chi connectivity index (χ3n) is 4.72. The van der Waals surface area contributed by atoms with Crippen molar-refractivity contribution in [2.45, 2.75) is 13.8 Å². The van der Waals surface area contributed by atoms with Gasteiger partial charge in [-0.1, -0.05) is 42.5 Å². The Morgan fingerprint density at radius 3 is 2.26 bits per heavy atom. The molecule has 0 heterocycles. The fourth-order valence-electron chi connectivity index (χ4n) is 3.11. The molecule has 0 saturated carbocycles. The smallest absolute Gasteiger partial charge is 0.150 e. The molecule has 138 valence electrons. The van der Waals surface area contributed by atoms with Crippen molar-refractivity contribution < 1.29 is 9.53 Å². The van der Waals surface area contributed by atoms with Crippen molar-refractivity contribution in [1.82, 2.24) is 0 Å². The first-order valence-electron chi connectivity index (χ1n) is 9.30. The second-order valence-electron chi connectivity index (χ2n) is 6.48. The molecule has 0 radical (unpaired) electrons. The quantitative estimate of drug-likeness (QED) is 0.506. The van der Waals surface area contributed by atoms with Gasteiger partial charge in [-0.2, -0.15) is 0 Å². The minimum absolute atomic E-state index is 0.604. The highest BCUT2D eigenvalue weighted by Crippen LogP contribution is 2.22. The lowest BCUT2D eigenvalue weighted by Gasteiger charge is -2.24. The molecular formula is C24H25NO2. The molecule has 27 heavy (non-hydrogen) atoms. The van der Waals surface area contributed by atoms with Crippen molar-refractivity contribution in [3.63, 3.8) is 0 Å². The Balaban J connectivity index is 1.58. The van der Waals surface area contributed by atoms with E-state index in [4.69, 9.17) is 4.74 Å². The number of likely N-dealkylation sites (N-methyl/N-ethyl adjacent to an activating group) is 1. The number of aryl methyl sites for hydroxylation is 1. The van der Waals surface area contributed by atoms with Crippen LogP contribution < -0.4 is 9.64 Å². The molecule has 0 amide bonds. The van der Waals surface area contributed by atoms with Gasteiger partial charge in [-0.3, -0.25) is 4.79 Å². The minimum Gasteiger partial charge on any atom is -0.492 e. The lowest BCUT2D eigenvalue weighted by atomic mass is 10.1. The van der Waals surface area contributed by atoms with E-state index in [0.717, 1.165) is 41.9 Å². The van der Waals surface area contributed by atoms with Crippen LogP contribution in [0.5, 0.6) is 5.75 Å². The monoisotopic (exact) mass is 359 g/mol. The van der Waals surface area contributed by atoms with E-state index in [1.165, 1.54) is 11.1 Å². The average Bonchev–Trinajstić information content (AvgIpc) is 2.72. The third-order valence-corrected chi connectivity index (χ3v) is 4.72. The summed E-state index contributed by atoms with van der Waals surface area (Å²) in [6, 6.07) is 24.5. The Morgan fingerprint density at radius 2 is 1.63 bits per heavy atom. The highest BCUT2D eigenvalue weighted by Gasteiger charge is 2.07. The second-order valence-corrected chi connectivity index (χ2v) is 6.48. The van der Waals surface area contributed by atoms with Crippen LogP contribution in [-0.4, -0.2) is 26.0 Å². The zero-order valence-electron chi connectivity index (χ0n) is 15.9. The van der Waals surface area contributed by atoms with Gasteiger partial charge in [0.2, 0.25) is 0 Å². The van der Waals surface area contributed by atoms with Crippen molar-refractivity contribution in [3.05, 3.63) is 83.9 Å². The largest absolute Gasteiger partial charge is 0.492 e. The zero-order chi connectivity index (χ0) is 19.1. The first-order chi connectivity index (χ1) is 13.2. The molecule has 0 aliphatic carbocycles. The molecule has 0 aliphatic heterocycles. The molecule has 3 heteroatoms. The van der Waals surface area contributed by atoms with Crippen LogP contribution in [0, 0.1) is 6.92 Å². The number of hydrogen-bond acceptors (Lipinski definition) is 3. The lowest BCUT2D eigenvalue weighted by Crippen LogP contribution is -2.28. The first kappa shape index (κ1) is 18.7. The Hall–Kier alpha value is -3.07. The second kappa shape index (κ2) is 9.04. The van der Waals surface area contributed by atoms with E-state index in [2.05, 4.69) is 42.2 Å². The van der Waals surface area contributed by atoms with Crippen molar-refractivity contribution in [2.24, 2.45) is 0 Å². The molecule has 0 aromatic heterocycles. The number of nitrogens with zero attached hydrogens (tertiary/aromatic N) is 1. The summed E-state index contributed by atoms with van der Waals surface area (Å²) in [5.41, 5.74) is 5.24. The lowest BCUT2D eigenvalue weighted by molar-refractivity contribution is 0.112. The molecular weight excluding hydrogens is 334 g/mol. The number of anilines is 1. The molecule has 0 saturated heterocycles. The van der Waals surface area contributed by atoms with Crippen molar-refractivity contribution in [2.75, 3.05) is 24.6 Å². The SMILES string of the molecule is CCN(CCOc1ccc(-c2ccccc2)cc1)c1ccc(C=O)c(C)c1. The number of ether oxygens (including phenoxy) is 1. The topological polar surface area (TPSA) is 29.5 Å². The number of hydrogen-bond donors (Lipinski definition) is 0. The van der Waals surface area contributed by atoms with Crippen LogP contribution in [0.25, 0.3) is 11.1 Å². The standard InChI is InChI=1S/C24H25NO2/c1-3-25(23-12-9-22(18-26)19(2)17-23)15-16-27-24-13-10-21(11-14-24)20-7-5-4-6-8-20/h4-14,17-18H,3,15-16H2,1-2H3. The normalized spacial score (nSPS) is 10.4. The Kier molecular flexibility index (Phi) is 6.26. The number of benzene rings is 3. The Labute approximate surface area is 161 Å². The maximum atomic E-state index is 11.0. The van der Waals surface area contributed by atoms with Gasteiger partial charge in [-0.05, 0) is 60.9 Å². The van der Waals surface area contributed by atoms with Gasteiger partial charge in [0.25, 0.3) is 0 Å². The van der Waals surface area contributed by atoms with Gasteiger partial charge in [0.1, 0.15) is 18.6 Å². The van der Waals surface area contributed by atoms with E-state index in [1.54, 1.807) is 0 Å². The number of rotatable bonds is 8. The summed E-state index contributed by atoms with van der Waals surface area (Å²) in [5.74, 6) is 0.873. The molecule has 0 aliphatic rings. The van der Waals surface area contributed by atoms with Crippen LogP contribution in [0.1, 0.15) is 22.8 Å². The van der Waals surface area contributed by atoms with Gasteiger partial charge in [0.15, 0.2) is 0 Å². The van der Waals surface area contributed by atoms with Gasteiger partial charge >= 0.3 is 0 Å². The van der Waals surface area contributed by atoms with E-state index >= 15 is 0 Å². The fraction of sp³-hybridized carbons (Fsp3) is 0.208. The van der Waals surface area contributed by atoms with Crippen molar-refractivity contribution >= 4 is 12.0 Å². The molecule has 3 rings (SSSR count). The molecule has 0 fully saturated rings. The maximum absolute atomic E-state index is 11.0. The molecule has 0 spiro atoms. The highest BCUT2D eigenvalue weighted by molar-refractivity contribution is 5.78. The molecule has 3 nitrogen and oxygen atoms in total. The molecule has 0 N–H and O–H groups in total. The molecule has 0 unspecified atom stereocenters. The van der Waals surface area contributed by atoms with Crippen LogP contribution in [-0.2, 0) is 0 Å². The molecule has 3 aromatic rings. The van der Waals surface area contributed by atoms with E-state index in [0.29, 0.717) is 6.61 Å². The van der Waals surface area contributed by atoms with Gasteiger partial charge in [-0.15, -0.1) is 0 Å². The van der Waals surface area contributed by atoms with E-state index in [-0.39, 0.29) is 0 Å². The molecule has 0 atom stereocenters. The summed E-state index contributed by atoms with van der Waals surface area (Å²) in [5, 5.41) is 0. The zero-order valence-corrected chi connectivity index (χ0v) is 15.9. The summed E-state index contributed by atoms with van der Waals surface area (Å²) in [6.07, 6.45) is 0.900.